The second kappa shape index (κ2) is 10.4. The summed E-state index contributed by atoms with van der Waals surface area (Å²) in [4.78, 5) is 38.9. The molecule has 2 atom stereocenters. The van der Waals surface area contributed by atoms with Gasteiger partial charge in [0, 0.05) is 35.8 Å². The van der Waals surface area contributed by atoms with Crippen molar-refractivity contribution in [1.82, 2.24) is 14.9 Å². The van der Waals surface area contributed by atoms with Gasteiger partial charge < -0.3 is 24.3 Å². The maximum absolute atomic E-state index is 12.8. The van der Waals surface area contributed by atoms with Crippen LogP contribution in [0.15, 0.2) is 47.5 Å². The zero-order chi connectivity index (χ0) is 29.1. The first-order chi connectivity index (χ1) is 20.2. The number of nitrogens with zero attached hydrogens (tertiary/aromatic N) is 4. The molecule has 220 valence electrons. The number of benzene rings is 2. The topological polar surface area (TPSA) is 115 Å². The molecule has 12 heteroatoms. The van der Waals surface area contributed by atoms with E-state index in [1.807, 2.05) is 50.2 Å². The molecule has 3 fully saturated rings. The summed E-state index contributed by atoms with van der Waals surface area (Å²) >= 11 is 1.50. The van der Waals surface area contributed by atoms with Crippen LogP contribution < -0.4 is 15.0 Å². The van der Waals surface area contributed by atoms with Crippen LogP contribution in [0.3, 0.4) is 0 Å². The van der Waals surface area contributed by atoms with Crippen LogP contribution in [0.4, 0.5) is 16.2 Å². The first kappa shape index (κ1) is 27.4. The maximum atomic E-state index is 12.8. The molecule has 42 heavy (non-hydrogen) atoms. The monoisotopic (exact) mass is 591 g/mol. The van der Waals surface area contributed by atoms with Gasteiger partial charge in [-0.05, 0) is 51.0 Å². The molecule has 0 saturated carbocycles. The third-order valence-corrected chi connectivity index (χ3v) is 9.42. The molecule has 2 amide bonds. The second-order valence-corrected chi connectivity index (χ2v) is 12.6. The van der Waals surface area contributed by atoms with Crippen LogP contribution in [0.2, 0.25) is 0 Å². The zero-order valence-electron chi connectivity index (χ0n) is 23.8. The SMILES string of the molecule is COc1cnc2cccc([C@H]3OC(C)(C)OC34CCN(CC3CN(c5ccc6c(c5)NC(=O)CS6)C(=O)O3)CC4)c2n1. The van der Waals surface area contributed by atoms with E-state index >= 15 is 0 Å². The van der Waals surface area contributed by atoms with Crippen molar-refractivity contribution < 1.29 is 28.5 Å². The molecule has 0 bridgehead atoms. The average molecular weight is 592 g/mol. The minimum Gasteiger partial charge on any atom is -0.480 e. The average Bonchev–Trinajstić information content (AvgIpc) is 3.48. The molecule has 1 spiro atoms. The van der Waals surface area contributed by atoms with E-state index in [-0.39, 0.29) is 24.2 Å². The van der Waals surface area contributed by atoms with Crippen molar-refractivity contribution in [1.29, 1.82) is 0 Å². The first-order valence-electron chi connectivity index (χ1n) is 14.2. The molecule has 4 aliphatic heterocycles. The van der Waals surface area contributed by atoms with Gasteiger partial charge in [-0.3, -0.25) is 14.6 Å². The molecule has 11 nitrogen and oxygen atoms in total. The summed E-state index contributed by atoms with van der Waals surface area (Å²) in [6.45, 7) is 6.53. The van der Waals surface area contributed by atoms with Crippen molar-refractivity contribution in [3.63, 3.8) is 0 Å². The number of hydrogen-bond acceptors (Lipinski definition) is 10. The smallest absolute Gasteiger partial charge is 0.414 e. The van der Waals surface area contributed by atoms with Gasteiger partial charge in [0.1, 0.15) is 17.8 Å². The minimum atomic E-state index is -0.754. The van der Waals surface area contributed by atoms with Gasteiger partial charge in [0.2, 0.25) is 11.8 Å². The number of para-hydroxylation sites is 1. The highest BCUT2D eigenvalue weighted by molar-refractivity contribution is 8.00. The van der Waals surface area contributed by atoms with E-state index in [9.17, 15) is 9.59 Å². The van der Waals surface area contributed by atoms with Gasteiger partial charge >= 0.3 is 6.09 Å². The van der Waals surface area contributed by atoms with Crippen LogP contribution in [0.25, 0.3) is 11.0 Å². The van der Waals surface area contributed by atoms with E-state index < -0.39 is 11.4 Å². The van der Waals surface area contributed by atoms with E-state index in [0.29, 0.717) is 24.7 Å². The number of anilines is 2. The normalized spacial score (nSPS) is 25.0. The molecule has 1 aromatic heterocycles. The van der Waals surface area contributed by atoms with Gasteiger partial charge in [-0.25, -0.2) is 14.8 Å². The number of likely N-dealkylation sites (tertiary alicyclic amines) is 1. The number of methoxy groups -OCH3 is 1. The predicted molar refractivity (Wildman–Crippen MR) is 157 cm³/mol. The Morgan fingerprint density at radius 1 is 1.17 bits per heavy atom. The predicted octanol–water partition coefficient (Wildman–Crippen LogP) is 4.37. The maximum Gasteiger partial charge on any atom is 0.414 e. The molecule has 5 heterocycles. The number of amides is 2. The summed E-state index contributed by atoms with van der Waals surface area (Å²) in [6.07, 6.45) is 2.17. The lowest BCUT2D eigenvalue weighted by atomic mass is 9.82. The van der Waals surface area contributed by atoms with Gasteiger partial charge in [0.05, 0.1) is 42.3 Å². The lowest BCUT2D eigenvalue weighted by Gasteiger charge is -2.41. The van der Waals surface area contributed by atoms with Crippen molar-refractivity contribution in [2.24, 2.45) is 0 Å². The van der Waals surface area contributed by atoms with Gasteiger partial charge in [-0.1, -0.05) is 12.1 Å². The molecule has 3 saturated heterocycles. The summed E-state index contributed by atoms with van der Waals surface area (Å²) in [6, 6.07) is 11.7. The molecule has 4 aliphatic rings. The number of rotatable bonds is 5. The van der Waals surface area contributed by atoms with E-state index in [0.717, 1.165) is 58.8 Å². The summed E-state index contributed by atoms with van der Waals surface area (Å²) in [5.74, 6) is 0.0635. The fraction of sp³-hybridized carbons (Fsp3) is 0.467. The Morgan fingerprint density at radius 2 is 2.00 bits per heavy atom. The molecule has 0 radical (unpaired) electrons. The molecule has 0 aliphatic carbocycles. The molecule has 2 aromatic carbocycles. The Hall–Kier alpha value is -3.45. The Morgan fingerprint density at radius 3 is 2.81 bits per heavy atom. The highest BCUT2D eigenvalue weighted by atomic mass is 32.2. The Labute approximate surface area is 247 Å². The van der Waals surface area contributed by atoms with Crippen LogP contribution in [-0.4, -0.2) is 83.4 Å². The van der Waals surface area contributed by atoms with Crippen LogP contribution in [0, 0.1) is 0 Å². The van der Waals surface area contributed by atoms with Gasteiger partial charge in [-0.2, -0.15) is 0 Å². The number of cyclic esters (lactones) is 1. The molecular weight excluding hydrogens is 558 g/mol. The first-order valence-corrected chi connectivity index (χ1v) is 15.2. The Kier molecular flexibility index (Phi) is 6.76. The summed E-state index contributed by atoms with van der Waals surface area (Å²) in [5, 5.41) is 2.89. The van der Waals surface area contributed by atoms with Gasteiger partial charge in [0.15, 0.2) is 5.79 Å². The minimum absolute atomic E-state index is 0.0372. The molecule has 7 rings (SSSR count). The summed E-state index contributed by atoms with van der Waals surface area (Å²) in [5.41, 5.74) is 3.41. The van der Waals surface area contributed by atoms with Crippen molar-refractivity contribution >= 4 is 46.2 Å². The van der Waals surface area contributed by atoms with Crippen LogP contribution in [0.5, 0.6) is 5.88 Å². The number of ether oxygens (including phenoxy) is 4. The van der Waals surface area contributed by atoms with E-state index in [1.54, 1.807) is 18.2 Å². The lowest BCUT2D eigenvalue weighted by molar-refractivity contribution is -0.171. The lowest BCUT2D eigenvalue weighted by Crippen LogP contribution is -2.49. The fourth-order valence-corrected chi connectivity index (χ4v) is 7.27. The third-order valence-electron chi connectivity index (χ3n) is 8.35. The second-order valence-electron chi connectivity index (χ2n) is 11.6. The van der Waals surface area contributed by atoms with Crippen LogP contribution >= 0.6 is 11.8 Å². The summed E-state index contributed by atoms with van der Waals surface area (Å²) in [7, 11) is 1.58. The molecule has 1 unspecified atom stereocenters. The van der Waals surface area contributed by atoms with Crippen molar-refractivity contribution in [3.8, 4) is 5.88 Å². The Bertz CT molecular complexity index is 1560. The van der Waals surface area contributed by atoms with E-state index in [4.69, 9.17) is 23.9 Å². The molecular formula is C30H33N5O6S. The number of carbonyl (C=O) groups is 2. The summed E-state index contributed by atoms with van der Waals surface area (Å²) < 4.78 is 24.3. The number of piperidine rings is 1. The highest BCUT2D eigenvalue weighted by Crippen LogP contribution is 2.52. The largest absolute Gasteiger partial charge is 0.480 e. The Balaban J connectivity index is 1.05. The van der Waals surface area contributed by atoms with Crippen molar-refractivity contribution in [3.05, 3.63) is 48.2 Å². The number of nitrogens with one attached hydrogen (secondary N) is 1. The highest BCUT2D eigenvalue weighted by Gasteiger charge is 2.55. The van der Waals surface area contributed by atoms with Gasteiger partial charge in [0.25, 0.3) is 0 Å². The molecule has 1 N–H and O–H groups in total. The van der Waals surface area contributed by atoms with Crippen molar-refractivity contribution in [2.45, 2.75) is 55.2 Å². The van der Waals surface area contributed by atoms with Crippen LogP contribution in [0.1, 0.15) is 38.4 Å². The van der Waals surface area contributed by atoms with Crippen LogP contribution in [-0.2, 0) is 19.0 Å². The number of hydrogen-bond donors (Lipinski definition) is 1. The third kappa shape index (κ3) is 4.96. The number of aromatic nitrogens is 2. The molecule has 3 aromatic rings. The number of fused-ring (bicyclic) bond motifs is 2. The van der Waals surface area contributed by atoms with E-state index in [2.05, 4.69) is 15.2 Å². The zero-order valence-corrected chi connectivity index (χ0v) is 24.6. The fourth-order valence-electron chi connectivity index (χ4n) is 6.49. The number of thioether (sulfide) groups is 1. The standard InChI is InChI=1S/C30H33N5O6S/c1-29(2)40-27(20-5-4-6-21-26(20)33-25(38-3)14-31-21)30(41-29)9-11-34(12-10-30)15-19-16-35(28(37)39-19)18-7-8-23-22(13-18)32-24(36)17-42-23/h4-8,13-14,19,27H,9-12,15-17H2,1-3H3,(H,32,36)/t19?,27-/m1/s1. The number of carbonyl (C=O) groups excluding carboxylic acids is 2. The van der Waals surface area contributed by atoms with Crippen molar-refractivity contribution in [2.75, 3.05) is 49.3 Å². The van der Waals surface area contributed by atoms with Gasteiger partial charge in [-0.15, -0.1) is 11.8 Å². The van der Waals surface area contributed by atoms with E-state index in [1.165, 1.54) is 11.8 Å². The quantitative estimate of drug-likeness (QED) is 0.459.